The van der Waals surface area contributed by atoms with E-state index in [1.54, 1.807) is 0 Å². The number of amides is 1. The maximum atomic E-state index is 12.7. The molecule has 1 aliphatic heterocycles. The molecule has 0 saturated carbocycles. The van der Waals surface area contributed by atoms with Crippen LogP contribution in [0.4, 0.5) is 0 Å². The summed E-state index contributed by atoms with van der Waals surface area (Å²) in [7, 11) is 0. The number of hydrogen-bond acceptors (Lipinski definition) is 2. The molecule has 1 aromatic rings. The lowest BCUT2D eigenvalue weighted by molar-refractivity contribution is 0.0603. The van der Waals surface area contributed by atoms with Crippen LogP contribution in [0.3, 0.4) is 0 Å². The van der Waals surface area contributed by atoms with E-state index in [0.717, 1.165) is 31.5 Å². The molecule has 2 unspecified atom stereocenters. The monoisotopic (exact) mass is 386 g/mol. The quantitative estimate of drug-likeness (QED) is 0.410. The summed E-state index contributed by atoms with van der Waals surface area (Å²) in [6.45, 7) is 6.46. The summed E-state index contributed by atoms with van der Waals surface area (Å²) in [5.74, 6) is 0.182. The van der Waals surface area contributed by atoms with Gasteiger partial charge in [-0.1, -0.05) is 82.9 Å². The number of hydrogen-bond donors (Lipinski definition) is 1. The largest absolute Gasteiger partial charge is 0.336 e. The highest BCUT2D eigenvalue weighted by Crippen LogP contribution is 2.20. The minimum Gasteiger partial charge on any atom is -0.336 e. The van der Waals surface area contributed by atoms with Gasteiger partial charge in [-0.05, 0) is 44.9 Å². The molecule has 3 heteroatoms. The third kappa shape index (κ3) is 8.34. The molecule has 0 aliphatic carbocycles. The second kappa shape index (κ2) is 13.8. The number of nitrogens with one attached hydrogen (secondary N) is 1. The van der Waals surface area contributed by atoms with Crippen LogP contribution in [0.1, 0.15) is 101 Å². The molecule has 3 nitrogen and oxygen atoms in total. The summed E-state index contributed by atoms with van der Waals surface area (Å²) in [5, 5.41) is 3.74. The van der Waals surface area contributed by atoms with Crippen LogP contribution >= 0.6 is 0 Å². The van der Waals surface area contributed by atoms with Gasteiger partial charge in [0, 0.05) is 24.2 Å². The minimum atomic E-state index is 0.182. The van der Waals surface area contributed by atoms with Crippen molar-refractivity contribution in [2.75, 3.05) is 13.1 Å². The van der Waals surface area contributed by atoms with E-state index in [1.165, 1.54) is 64.2 Å². The number of benzene rings is 1. The predicted octanol–water partition coefficient (Wildman–Crippen LogP) is 6.19. The first-order valence-electron chi connectivity index (χ1n) is 11.8. The van der Waals surface area contributed by atoms with E-state index >= 15 is 0 Å². The van der Waals surface area contributed by atoms with E-state index in [9.17, 15) is 4.79 Å². The van der Waals surface area contributed by atoms with Crippen molar-refractivity contribution in [2.24, 2.45) is 0 Å². The van der Waals surface area contributed by atoms with Gasteiger partial charge in [0.1, 0.15) is 0 Å². The van der Waals surface area contributed by atoms with Crippen LogP contribution in [-0.4, -0.2) is 36.0 Å². The van der Waals surface area contributed by atoms with Crippen molar-refractivity contribution in [3.05, 3.63) is 35.9 Å². The van der Waals surface area contributed by atoms with Gasteiger partial charge < -0.3 is 10.2 Å². The first kappa shape index (κ1) is 22.9. The Bertz CT molecular complexity index is 531. The number of rotatable bonds is 13. The topological polar surface area (TPSA) is 32.3 Å². The standard InChI is InChI=1S/C25H42N2O/c1-3-4-5-6-7-8-9-10-11-15-19-26-24-18-20-27(22(2)21-24)25(28)23-16-13-12-14-17-23/h12-14,16-17,22,24,26H,3-11,15,18-21H2,1-2H3. The summed E-state index contributed by atoms with van der Waals surface area (Å²) in [6, 6.07) is 10.6. The summed E-state index contributed by atoms with van der Waals surface area (Å²) < 4.78 is 0. The molecule has 0 radical (unpaired) electrons. The molecule has 0 bridgehead atoms. The molecule has 28 heavy (non-hydrogen) atoms. The second-order valence-corrected chi connectivity index (χ2v) is 8.57. The van der Waals surface area contributed by atoms with Gasteiger partial charge in [-0.15, -0.1) is 0 Å². The Balaban J connectivity index is 1.51. The van der Waals surface area contributed by atoms with Crippen LogP contribution in [0.25, 0.3) is 0 Å². The zero-order valence-electron chi connectivity index (χ0n) is 18.3. The van der Waals surface area contributed by atoms with Crippen molar-refractivity contribution in [2.45, 2.75) is 103 Å². The number of carbonyl (C=O) groups excluding carboxylic acids is 1. The van der Waals surface area contributed by atoms with Gasteiger partial charge in [0.2, 0.25) is 0 Å². The molecule has 0 spiro atoms. The van der Waals surface area contributed by atoms with Gasteiger partial charge in [-0.2, -0.15) is 0 Å². The zero-order valence-corrected chi connectivity index (χ0v) is 18.3. The molecule has 1 fully saturated rings. The van der Waals surface area contributed by atoms with Crippen molar-refractivity contribution in [3.8, 4) is 0 Å². The van der Waals surface area contributed by atoms with Crippen molar-refractivity contribution < 1.29 is 4.79 Å². The Kier molecular flexibility index (Phi) is 11.3. The fourth-order valence-corrected chi connectivity index (χ4v) is 4.32. The number of carbonyl (C=O) groups is 1. The number of likely N-dealkylation sites (tertiary alicyclic amines) is 1. The summed E-state index contributed by atoms with van der Waals surface area (Å²) in [4.78, 5) is 14.7. The van der Waals surface area contributed by atoms with E-state index in [-0.39, 0.29) is 5.91 Å². The van der Waals surface area contributed by atoms with Crippen LogP contribution in [0.15, 0.2) is 30.3 Å². The van der Waals surface area contributed by atoms with Gasteiger partial charge in [0.15, 0.2) is 0 Å². The molecule has 1 aliphatic rings. The van der Waals surface area contributed by atoms with Gasteiger partial charge in [0.25, 0.3) is 5.91 Å². The smallest absolute Gasteiger partial charge is 0.254 e. The maximum absolute atomic E-state index is 12.7. The zero-order chi connectivity index (χ0) is 20.0. The second-order valence-electron chi connectivity index (χ2n) is 8.57. The van der Waals surface area contributed by atoms with E-state index in [4.69, 9.17) is 0 Å². The molecule has 1 heterocycles. The van der Waals surface area contributed by atoms with E-state index in [2.05, 4.69) is 19.2 Å². The highest BCUT2D eigenvalue weighted by Gasteiger charge is 2.28. The van der Waals surface area contributed by atoms with Crippen molar-refractivity contribution in [1.82, 2.24) is 10.2 Å². The van der Waals surface area contributed by atoms with Crippen molar-refractivity contribution >= 4 is 5.91 Å². The number of piperidine rings is 1. The molecule has 1 aromatic carbocycles. The predicted molar refractivity (Wildman–Crippen MR) is 120 cm³/mol. The van der Waals surface area contributed by atoms with Gasteiger partial charge in [-0.25, -0.2) is 0 Å². The number of nitrogens with zero attached hydrogens (tertiary/aromatic N) is 1. The molecule has 1 amide bonds. The van der Waals surface area contributed by atoms with E-state index in [0.29, 0.717) is 12.1 Å². The summed E-state index contributed by atoms with van der Waals surface area (Å²) >= 11 is 0. The van der Waals surface area contributed by atoms with Crippen LogP contribution < -0.4 is 5.32 Å². The van der Waals surface area contributed by atoms with Crippen LogP contribution in [0.5, 0.6) is 0 Å². The van der Waals surface area contributed by atoms with Crippen LogP contribution in [0, 0.1) is 0 Å². The summed E-state index contributed by atoms with van der Waals surface area (Å²) in [6.07, 6.45) is 16.0. The maximum Gasteiger partial charge on any atom is 0.254 e. The fourth-order valence-electron chi connectivity index (χ4n) is 4.32. The normalized spacial score (nSPS) is 19.7. The van der Waals surface area contributed by atoms with Gasteiger partial charge in [0.05, 0.1) is 0 Å². The van der Waals surface area contributed by atoms with E-state index in [1.807, 2.05) is 35.2 Å². The highest BCUT2D eigenvalue weighted by molar-refractivity contribution is 5.94. The first-order chi connectivity index (χ1) is 13.7. The average molecular weight is 387 g/mol. The molecule has 2 rings (SSSR count). The van der Waals surface area contributed by atoms with Crippen LogP contribution in [-0.2, 0) is 0 Å². The Morgan fingerprint density at radius 1 is 0.964 bits per heavy atom. The third-order valence-corrected chi connectivity index (χ3v) is 6.12. The lowest BCUT2D eigenvalue weighted by atomic mass is 9.97. The lowest BCUT2D eigenvalue weighted by Gasteiger charge is -2.38. The average Bonchev–Trinajstić information content (AvgIpc) is 2.72. The molecular formula is C25H42N2O. The summed E-state index contributed by atoms with van der Waals surface area (Å²) in [5.41, 5.74) is 0.811. The Hall–Kier alpha value is -1.35. The van der Waals surface area contributed by atoms with Crippen molar-refractivity contribution in [3.63, 3.8) is 0 Å². The fraction of sp³-hybridized carbons (Fsp3) is 0.720. The Labute approximate surface area is 173 Å². The molecular weight excluding hydrogens is 344 g/mol. The molecule has 1 N–H and O–H groups in total. The highest BCUT2D eigenvalue weighted by atomic mass is 16.2. The van der Waals surface area contributed by atoms with Gasteiger partial charge in [-0.3, -0.25) is 4.79 Å². The SMILES string of the molecule is CCCCCCCCCCCCNC1CCN(C(=O)c2ccccc2)C(C)C1. The molecule has 158 valence electrons. The van der Waals surface area contributed by atoms with E-state index < -0.39 is 0 Å². The van der Waals surface area contributed by atoms with Crippen molar-refractivity contribution in [1.29, 1.82) is 0 Å². The Morgan fingerprint density at radius 2 is 1.57 bits per heavy atom. The minimum absolute atomic E-state index is 0.182. The number of unbranched alkanes of at least 4 members (excludes halogenated alkanes) is 9. The van der Waals surface area contributed by atoms with Gasteiger partial charge >= 0.3 is 0 Å². The Morgan fingerprint density at radius 3 is 2.18 bits per heavy atom. The first-order valence-corrected chi connectivity index (χ1v) is 11.8. The third-order valence-electron chi connectivity index (χ3n) is 6.12. The lowest BCUT2D eigenvalue weighted by Crippen LogP contribution is -2.49. The molecule has 1 saturated heterocycles. The molecule has 0 aromatic heterocycles. The molecule has 2 atom stereocenters. The van der Waals surface area contributed by atoms with Crippen LogP contribution in [0.2, 0.25) is 0 Å².